The minimum absolute atomic E-state index is 0.0496. The number of hydrogen-bond acceptors (Lipinski definition) is 4. The largest absolute Gasteiger partial charge is 0.315 e. The summed E-state index contributed by atoms with van der Waals surface area (Å²) in [5.41, 5.74) is 0. The Kier molecular flexibility index (Phi) is 3.88. The van der Waals surface area contributed by atoms with Crippen LogP contribution in [0.25, 0.3) is 0 Å². The third kappa shape index (κ3) is 2.77. The Morgan fingerprint density at radius 2 is 2.23 bits per heavy atom. The highest BCUT2D eigenvalue weighted by Crippen LogP contribution is 2.33. The van der Waals surface area contributed by atoms with Gasteiger partial charge in [-0.1, -0.05) is 12.8 Å². The third-order valence-corrected chi connectivity index (χ3v) is 5.45. The van der Waals surface area contributed by atoms with Gasteiger partial charge in [-0.2, -0.15) is 5.10 Å². The van der Waals surface area contributed by atoms with Crippen molar-refractivity contribution in [3.8, 4) is 0 Å². The molecule has 4 rings (SSSR count). The van der Waals surface area contributed by atoms with E-state index in [0.717, 1.165) is 25.9 Å². The van der Waals surface area contributed by atoms with Crippen LogP contribution in [0.2, 0.25) is 0 Å². The molecule has 6 heteroatoms. The van der Waals surface area contributed by atoms with Crippen LogP contribution in [0.1, 0.15) is 44.6 Å². The van der Waals surface area contributed by atoms with E-state index >= 15 is 0 Å². The maximum absolute atomic E-state index is 12.5. The number of rotatable bonds is 3. The predicted molar refractivity (Wildman–Crippen MR) is 84.7 cm³/mol. The Hall–Kier alpha value is -1.40. The van der Waals surface area contributed by atoms with Crippen molar-refractivity contribution in [1.29, 1.82) is 0 Å². The van der Waals surface area contributed by atoms with Crippen molar-refractivity contribution in [2.24, 2.45) is 5.92 Å². The lowest BCUT2D eigenvalue weighted by atomic mass is 9.85. The van der Waals surface area contributed by atoms with Crippen LogP contribution in [0, 0.1) is 5.92 Å². The standard InChI is InChI=1S/C16H25N5O/c22-16(14-9-11-3-1-2-4-13(11)18-14)19-15-6-8-21(20-15)12-5-7-17-10-12/h6,8,11-14,17-18H,1-5,7,9-10H2,(H,19,20,22)/t11-,12-,13-,14+/m1/s1. The lowest BCUT2D eigenvalue weighted by molar-refractivity contribution is -0.117. The normalized spacial score (nSPS) is 34.5. The van der Waals surface area contributed by atoms with E-state index in [1.165, 1.54) is 25.7 Å². The van der Waals surface area contributed by atoms with Gasteiger partial charge in [-0.25, -0.2) is 0 Å². The monoisotopic (exact) mass is 303 g/mol. The maximum Gasteiger partial charge on any atom is 0.242 e. The van der Waals surface area contributed by atoms with E-state index in [0.29, 0.717) is 23.8 Å². The van der Waals surface area contributed by atoms with E-state index in [2.05, 4.69) is 21.0 Å². The topological polar surface area (TPSA) is 71.0 Å². The molecule has 6 nitrogen and oxygen atoms in total. The summed E-state index contributed by atoms with van der Waals surface area (Å²) >= 11 is 0. The van der Waals surface area contributed by atoms with E-state index in [1.807, 2.05) is 16.9 Å². The SMILES string of the molecule is O=C(Nc1ccn([C@@H]2CCNC2)n1)[C@@H]1C[C@H]2CCCC[C@H]2N1. The molecule has 2 saturated heterocycles. The quantitative estimate of drug-likeness (QED) is 0.786. The number of amides is 1. The van der Waals surface area contributed by atoms with E-state index in [4.69, 9.17) is 0 Å². The molecule has 3 heterocycles. The van der Waals surface area contributed by atoms with E-state index < -0.39 is 0 Å². The van der Waals surface area contributed by atoms with Gasteiger partial charge in [-0.05, 0) is 38.1 Å². The van der Waals surface area contributed by atoms with Crippen LogP contribution in [-0.4, -0.2) is 40.9 Å². The molecular weight excluding hydrogens is 278 g/mol. The zero-order chi connectivity index (χ0) is 14.9. The lowest BCUT2D eigenvalue weighted by Crippen LogP contribution is -2.40. The number of fused-ring (bicyclic) bond motifs is 1. The minimum atomic E-state index is -0.0496. The molecule has 3 aliphatic rings. The molecule has 1 saturated carbocycles. The molecule has 0 radical (unpaired) electrons. The van der Waals surface area contributed by atoms with Crippen molar-refractivity contribution in [2.45, 2.75) is 56.7 Å². The second-order valence-corrected chi connectivity index (χ2v) is 6.92. The molecule has 3 N–H and O–H groups in total. The van der Waals surface area contributed by atoms with Gasteiger partial charge in [0.15, 0.2) is 5.82 Å². The third-order valence-electron chi connectivity index (χ3n) is 5.45. The van der Waals surface area contributed by atoms with E-state index in [9.17, 15) is 4.79 Å². The first-order valence-corrected chi connectivity index (χ1v) is 8.62. The molecule has 1 amide bonds. The summed E-state index contributed by atoms with van der Waals surface area (Å²) in [7, 11) is 0. The Labute approximate surface area is 131 Å². The van der Waals surface area contributed by atoms with Gasteiger partial charge in [0.25, 0.3) is 0 Å². The highest BCUT2D eigenvalue weighted by molar-refractivity contribution is 5.94. The molecule has 120 valence electrons. The highest BCUT2D eigenvalue weighted by Gasteiger charge is 2.38. The molecular formula is C16H25N5O. The fourth-order valence-electron chi connectivity index (χ4n) is 4.21. The average Bonchev–Trinajstić information content (AvgIpc) is 3.26. The number of carbonyl (C=O) groups excluding carboxylic acids is 1. The highest BCUT2D eigenvalue weighted by atomic mass is 16.2. The van der Waals surface area contributed by atoms with Crippen molar-refractivity contribution < 1.29 is 4.79 Å². The molecule has 1 aromatic heterocycles. The maximum atomic E-state index is 12.5. The Morgan fingerprint density at radius 3 is 3.05 bits per heavy atom. The van der Waals surface area contributed by atoms with Crippen molar-refractivity contribution in [1.82, 2.24) is 20.4 Å². The fourth-order valence-corrected chi connectivity index (χ4v) is 4.21. The van der Waals surface area contributed by atoms with Crippen molar-refractivity contribution in [3.63, 3.8) is 0 Å². The van der Waals surface area contributed by atoms with Crippen molar-refractivity contribution >= 4 is 11.7 Å². The molecule has 3 fully saturated rings. The molecule has 4 atom stereocenters. The second-order valence-electron chi connectivity index (χ2n) is 6.92. The zero-order valence-electron chi connectivity index (χ0n) is 12.9. The van der Waals surface area contributed by atoms with Crippen molar-refractivity contribution in [2.75, 3.05) is 18.4 Å². The van der Waals surface area contributed by atoms with Crippen LogP contribution >= 0.6 is 0 Å². The van der Waals surface area contributed by atoms with Gasteiger partial charge in [-0.15, -0.1) is 0 Å². The number of anilines is 1. The summed E-state index contributed by atoms with van der Waals surface area (Å²) < 4.78 is 1.97. The van der Waals surface area contributed by atoms with Gasteiger partial charge in [0, 0.05) is 24.8 Å². The first kappa shape index (κ1) is 14.2. The summed E-state index contributed by atoms with van der Waals surface area (Å²) in [5.74, 6) is 1.43. The predicted octanol–water partition coefficient (Wildman–Crippen LogP) is 1.28. The number of hydrogen-bond donors (Lipinski definition) is 3. The first-order valence-electron chi connectivity index (χ1n) is 8.62. The van der Waals surface area contributed by atoms with E-state index in [-0.39, 0.29) is 11.9 Å². The number of nitrogens with zero attached hydrogens (tertiary/aromatic N) is 2. The lowest BCUT2D eigenvalue weighted by Gasteiger charge is -2.24. The average molecular weight is 303 g/mol. The molecule has 1 aliphatic carbocycles. The summed E-state index contributed by atoms with van der Waals surface area (Å²) in [6.07, 6.45) is 9.14. The smallest absolute Gasteiger partial charge is 0.242 e. The number of nitrogens with one attached hydrogen (secondary N) is 3. The second kappa shape index (κ2) is 6.01. The first-order chi connectivity index (χ1) is 10.8. The van der Waals surface area contributed by atoms with E-state index in [1.54, 1.807) is 0 Å². The van der Waals surface area contributed by atoms with Crippen LogP contribution < -0.4 is 16.0 Å². The Morgan fingerprint density at radius 1 is 1.32 bits per heavy atom. The van der Waals surface area contributed by atoms with Crippen LogP contribution in [0.5, 0.6) is 0 Å². The molecule has 0 unspecified atom stereocenters. The van der Waals surface area contributed by atoms with Gasteiger partial charge >= 0.3 is 0 Å². The molecule has 1 aromatic rings. The number of carbonyl (C=O) groups is 1. The molecule has 0 aromatic carbocycles. The van der Waals surface area contributed by atoms with Crippen LogP contribution in [0.3, 0.4) is 0 Å². The van der Waals surface area contributed by atoms with Crippen LogP contribution in [-0.2, 0) is 4.79 Å². The van der Waals surface area contributed by atoms with Crippen molar-refractivity contribution in [3.05, 3.63) is 12.3 Å². The molecule has 0 spiro atoms. The molecule has 22 heavy (non-hydrogen) atoms. The summed E-state index contributed by atoms with van der Waals surface area (Å²) in [6, 6.07) is 2.81. The van der Waals surface area contributed by atoms with Crippen LogP contribution in [0.15, 0.2) is 12.3 Å². The van der Waals surface area contributed by atoms with Gasteiger partial charge in [0.1, 0.15) is 0 Å². The van der Waals surface area contributed by atoms with Crippen LogP contribution in [0.4, 0.5) is 5.82 Å². The molecule has 2 aliphatic heterocycles. The summed E-state index contributed by atoms with van der Waals surface area (Å²) in [6.45, 7) is 2.00. The minimum Gasteiger partial charge on any atom is -0.315 e. The van der Waals surface area contributed by atoms with Gasteiger partial charge in [0.05, 0.1) is 12.1 Å². The summed E-state index contributed by atoms with van der Waals surface area (Å²) in [4.78, 5) is 12.5. The number of aromatic nitrogens is 2. The fraction of sp³-hybridized carbons (Fsp3) is 0.750. The van der Waals surface area contributed by atoms with Gasteiger partial charge < -0.3 is 16.0 Å². The van der Waals surface area contributed by atoms with Gasteiger partial charge in [-0.3, -0.25) is 9.48 Å². The Balaban J connectivity index is 1.36. The molecule has 0 bridgehead atoms. The Bertz CT molecular complexity index is 522. The summed E-state index contributed by atoms with van der Waals surface area (Å²) in [5, 5.41) is 14.3. The zero-order valence-corrected chi connectivity index (χ0v) is 12.9. The van der Waals surface area contributed by atoms with Gasteiger partial charge in [0.2, 0.25) is 5.91 Å².